The molecule has 2 aromatic rings. The highest BCUT2D eigenvalue weighted by Crippen LogP contribution is 2.38. The van der Waals surface area contributed by atoms with Crippen LogP contribution in [0.25, 0.3) is 11.5 Å². The highest BCUT2D eigenvalue weighted by molar-refractivity contribution is 5.65. The molecule has 142 valence electrons. The van der Waals surface area contributed by atoms with Crippen LogP contribution in [-0.2, 0) is 6.18 Å². The summed E-state index contributed by atoms with van der Waals surface area (Å²) < 4.78 is 59.8. The minimum absolute atomic E-state index is 0.142. The van der Waals surface area contributed by atoms with E-state index in [0.29, 0.717) is 13.1 Å². The molecule has 1 aliphatic rings. The number of anilines is 1. The number of benzene rings is 1. The smallest absolute Gasteiger partial charge is 0.388 e. The van der Waals surface area contributed by atoms with Gasteiger partial charge >= 0.3 is 11.9 Å². The number of hydrogen-bond acceptors (Lipinski definition) is 5. The standard InChI is InChI=1S/C16H18F4N4O2/c1-9(15(17)4-6-21-7-5-15)22-12-8-10(13-23-24-14(25)26-13)2-3-11(12)16(18,19)20/h2-3,8-9,21-22H,4-7H2,1H3,(H,24,25). The average Bonchev–Trinajstić information content (AvgIpc) is 3.01. The lowest BCUT2D eigenvalue weighted by Gasteiger charge is -2.36. The predicted molar refractivity (Wildman–Crippen MR) is 86.6 cm³/mol. The third-order valence-electron chi connectivity index (χ3n) is 4.59. The Hall–Kier alpha value is -2.36. The summed E-state index contributed by atoms with van der Waals surface area (Å²) in [7, 11) is 0. The van der Waals surface area contributed by atoms with E-state index in [4.69, 9.17) is 4.42 Å². The highest BCUT2D eigenvalue weighted by Gasteiger charge is 2.40. The maximum Gasteiger partial charge on any atom is 0.434 e. The van der Waals surface area contributed by atoms with Crippen molar-refractivity contribution in [3.63, 3.8) is 0 Å². The number of piperidine rings is 1. The van der Waals surface area contributed by atoms with Crippen molar-refractivity contribution in [1.82, 2.24) is 15.5 Å². The number of H-pyrrole nitrogens is 1. The zero-order valence-corrected chi connectivity index (χ0v) is 13.9. The van der Waals surface area contributed by atoms with Gasteiger partial charge in [0.2, 0.25) is 5.89 Å². The number of aromatic nitrogens is 2. The van der Waals surface area contributed by atoms with E-state index in [2.05, 4.69) is 15.7 Å². The molecule has 0 aliphatic carbocycles. The summed E-state index contributed by atoms with van der Waals surface area (Å²) in [6, 6.07) is 2.31. The van der Waals surface area contributed by atoms with Gasteiger partial charge < -0.3 is 15.1 Å². The fraction of sp³-hybridized carbons (Fsp3) is 0.500. The van der Waals surface area contributed by atoms with Crippen LogP contribution < -0.4 is 16.4 Å². The number of alkyl halides is 4. The summed E-state index contributed by atoms with van der Waals surface area (Å²) >= 11 is 0. The van der Waals surface area contributed by atoms with Gasteiger partial charge in [-0.3, -0.25) is 0 Å². The topological polar surface area (TPSA) is 83.0 Å². The summed E-state index contributed by atoms with van der Waals surface area (Å²) in [4.78, 5) is 11.1. The lowest BCUT2D eigenvalue weighted by atomic mass is 9.87. The van der Waals surface area contributed by atoms with Gasteiger partial charge in [-0.05, 0) is 51.1 Å². The zero-order chi connectivity index (χ0) is 18.9. The van der Waals surface area contributed by atoms with Crippen LogP contribution in [-0.4, -0.2) is 35.0 Å². The Bertz CT molecular complexity index is 824. The number of nitrogens with zero attached hydrogens (tertiary/aromatic N) is 1. The quantitative estimate of drug-likeness (QED) is 0.717. The van der Waals surface area contributed by atoms with E-state index in [1.165, 1.54) is 6.92 Å². The van der Waals surface area contributed by atoms with Crippen molar-refractivity contribution in [3.05, 3.63) is 34.3 Å². The number of hydrogen-bond donors (Lipinski definition) is 3. The van der Waals surface area contributed by atoms with Gasteiger partial charge in [0.25, 0.3) is 0 Å². The van der Waals surface area contributed by atoms with Crippen molar-refractivity contribution in [3.8, 4) is 11.5 Å². The second-order valence-corrected chi connectivity index (χ2v) is 6.33. The molecular weight excluding hydrogens is 356 g/mol. The summed E-state index contributed by atoms with van der Waals surface area (Å²) in [6.45, 7) is 2.45. The first-order valence-electron chi connectivity index (χ1n) is 8.12. The lowest BCUT2D eigenvalue weighted by Crippen LogP contribution is -2.48. The van der Waals surface area contributed by atoms with E-state index in [-0.39, 0.29) is 30.0 Å². The molecule has 26 heavy (non-hydrogen) atoms. The van der Waals surface area contributed by atoms with E-state index in [1.54, 1.807) is 0 Å². The summed E-state index contributed by atoms with van der Waals surface area (Å²) in [5.41, 5.74) is -2.67. The number of halogens is 4. The van der Waals surface area contributed by atoms with Gasteiger partial charge in [-0.15, -0.1) is 5.10 Å². The Balaban J connectivity index is 1.95. The SMILES string of the molecule is CC(Nc1cc(-c2n[nH]c(=O)o2)ccc1C(F)(F)F)C1(F)CCNCC1. The summed E-state index contributed by atoms with van der Waals surface area (Å²) in [5.74, 6) is -0.962. The van der Waals surface area contributed by atoms with E-state index in [0.717, 1.165) is 18.2 Å². The zero-order valence-electron chi connectivity index (χ0n) is 13.9. The largest absolute Gasteiger partial charge is 0.434 e. The monoisotopic (exact) mass is 374 g/mol. The van der Waals surface area contributed by atoms with Crippen molar-refractivity contribution in [2.24, 2.45) is 0 Å². The Morgan fingerprint density at radius 2 is 2.00 bits per heavy atom. The van der Waals surface area contributed by atoms with Gasteiger partial charge in [-0.2, -0.15) is 13.2 Å². The molecule has 3 N–H and O–H groups in total. The van der Waals surface area contributed by atoms with Gasteiger partial charge in [0.1, 0.15) is 5.67 Å². The minimum atomic E-state index is -4.62. The number of nitrogens with one attached hydrogen (secondary N) is 3. The van der Waals surface area contributed by atoms with Crippen molar-refractivity contribution >= 4 is 5.69 Å². The van der Waals surface area contributed by atoms with E-state index < -0.39 is 29.2 Å². The molecule has 1 aromatic heterocycles. The number of rotatable bonds is 4. The molecule has 0 radical (unpaired) electrons. The third-order valence-corrected chi connectivity index (χ3v) is 4.59. The van der Waals surface area contributed by atoms with Crippen LogP contribution in [0.4, 0.5) is 23.2 Å². The lowest BCUT2D eigenvalue weighted by molar-refractivity contribution is -0.137. The molecule has 0 amide bonds. The molecule has 1 aromatic carbocycles. The first-order valence-corrected chi connectivity index (χ1v) is 8.12. The van der Waals surface area contributed by atoms with Gasteiger partial charge in [0.05, 0.1) is 11.6 Å². The summed E-state index contributed by atoms with van der Waals surface area (Å²) in [5, 5.41) is 11.3. The van der Waals surface area contributed by atoms with Crippen molar-refractivity contribution in [2.75, 3.05) is 18.4 Å². The normalized spacial score (nSPS) is 18.5. The third kappa shape index (κ3) is 3.74. The molecule has 2 heterocycles. The second kappa shape index (κ2) is 6.75. The Kier molecular flexibility index (Phi) is 4.78. The molecule has 1 atom stereocenters. The van der Waals surface area contributed by atoms with Crippen LogP contribution in [0.15, 0.2) is 27.4 Å². The molecule has 0 bridgehead atoms. The van der Waals surface area contributed by atoms with Gasteiger partial charge in [-0.25, -0.2) is 14.3 Å². The molecule has 6 nitrogen and oxygen atoms in total. The fourth-order valence-electron chi connectivity index (χ4n) is 3.04. The van der Waals surface area contributed by atoms with Gasteiger partial charge in [0.15, 0.2) is 0 Å². The van der Waals surface area contributed by atoms with Crippen LogP contribution in [0.2, 0.25) is 0 Å². The average molecular weight is 374 g/mol. The van der Waals surface area contributed by atoms with Crippen molar-refractivity contribution in [1.29, 1.82) is 0 Å². The number of aromatic amines is 1. The maximum atomic E-state index is 15.0. The van der Waals surface area contributed by atoms with E-state index in [9.17, 15) is 18.0 Å². The first-order chi connectivity index (χ1) is 12.2. The molecule has 1 unspecified atom stereocenters. The first kappa shape index (κ1) is 18.4. The molecular formula is C16H18F4N4O2. The molecule has 0 saturated carbocycles. The molecule has 1 saturated heterocycles. The van der Waals surface area contributed by atoms with Crippen LogP contribution in [0.1, 0.15) is 25.3 Å². The Morgan fingerprint density at radius 3 is 2.58 bits per heavy atom. The summed E-state index contributed by atoms with van der Waals surface area (Å²) in [6.07, 6.45) is -4.21. The van der Waals surface area contributed by atoms with Crippen LogP contribution in [0.5, 0.6) is 0 Å². The van der Waals surface area contributed by atoms with E-state index in [1.807, 2.05) is 5.10 Å². The molecule has 3 rings (SSSR count). The molecule has 1 fully saturated rings. The van der Waals surface area contributed by atoms with Crippen LogP contribution >= 0.6 is 0 Å². The van der Waals surface area contributed by atoms with Crippen molar-refractivity contribution < 1.29 is 22.0 Å². The minimum Gasteiger partial charge on any atom is -0.388 e. The highest BCUT2D eigenvalue weighted by atomic mass is 19.4. The van der Waals surface area contributed by atoms with Crippen LogP contribution in [0, 0.1) is 0 Å². The van der Waals surface area contributed by atoms with E-state index >= 15 is 4.39 Å². The van der Waals surface area contributed by atoms with Gasteiger partial charge in [0, 0.05) is 11.3 Å². The maximum absolute atomic E-state index is 15.0. The molecule has 10 heteroatoms. The Labute approximate surface area is 146 Å². The molecule has 1 aliphatic heterocycles. The van der Waals surface area contributed by atoms with Crippen LogP contribution in [0.3, 0.4) is 0 Å². The molecule has 0 spiro atoms. The predicted octanol–water partition coefficient (Wildman–Crippen LogP) is 2.94. The Morgan fingerprint density at radius 1 is 1.31 bits per heavy atom. The fourth-order valence-corrected chi connectivity index (χ4v) is 3.04. The second-order valence-electron chi connectivity index (χ2n) is 6.33. The van der Waals surface area contributed by atoms with Crippen molar-refractivity contribution in [2.45, 2.75) is 37.7 Å². The van der Waals surface area contributed by atoms with Gasteiger partial charge in [-0.1, -0.05) is 0 Å².